The van der Waals surface area contributed by atoms with Crippen LogP contribution in [0.3, 0.4) is 0 Å². The number of aromatic nitrogens is 2. The Balaban J connectivity index is 1.65. The molecular formula is C21H25N5O2S. The predicted molar refractivity (Wildman–Crippen MR) is 117 cm³/mol. The summed E-state index contributed by atoms with van der Waals surface area (Å²) >= 11 is 1.28. The molecule has 0 bridgehead atoms. The lowest BCUT2D eigenvalue weighted by Crippen LogP contribution is -2.38. The number of rotatable bonds is 5. The number of para-hydroxylation sites is 1. The van der Waals surface area contributed by atoms with Crippen LogP contribution in [0.15, 0.2) is 30.5 Å². The monoisotopic (exact) mass is 411 g/mol. The van der Waals surface area contributed by atoms with Gasteiger partial charge in [-0.15, -0.1) is 0 Å². The van der Waals surface area contributed by atoms with Crippen LogP contribution >= 0.6 is 11.3 Å². The molecule has 1 saturated heterocycles. The van der Waals surface area contributed by atoms with E-state index in [0.717, 1.165) is 30.2 Å². The number of benzene rings is 1. The van der Waals surface area contributed by atoms with Crippen LogP contribution in [0.5, 0.6) is 0 Å². The highest BCUT2D eigenvalue weighted by molar-refractivity contribution is 7.18. The summed E-state index contributed by atoms with van der Waals surface area (Å²) in [5, 5.41) is 17.2. The fourth-order valence-corrected chi connectivity index (χ4v) is 4.49. The summed E-state index contributed by atoms with van der Waals surface area (Å²) in [6.45, 7) is 3.44. The van der Waals surface area contributed by atoms with E-state index in [1.807, 2.05) is 29.0 Å². The standard InChI is InChI=1S/C21H25N5O2S/c1-3-13-12-26(16-7-5-4-6-15(13)16)18(22)17-20(23-2)29-21(25-17)19(27)24-14-8-10-28-11-9-14/h4-7,12,14,22-23H,3,8-11H2,1-2H3,(H,24,27). The molecule has 3 heterocycles. The third-order valence-corrected chi connectivity index (χ3v) is 6.32. The second-order valence-electron chi connectivity index (χ2n) is 7.05. The maximum Gasteiger partial charge on any atom is 0.280 e. The van der Waals surface area contributed by atoms with E-state index in [9.17, 15) is 4.79 Å². The van der Waals surface area contributed by atoms with Crippen molar-refractivity contribution in [3.8, 4) is 0 Å². The first-order valence-electron chi connectivity index (χ1n) is 9.87. The number of hydrogen-bond acceptors (Lipinski definition) is 6. The first-order valence-corrected chi connectivity index (χ1v) is 10.7. The summed E-state index contributed by atoms with van der Waals surface area (Å²) in [5.74, 6) is 0.0654. The van der Waals surface area contributed by atoms with Gasteiger partial charge < -0.3 is 15.4 Å². The molecule has 1 aliphatic rings. The minimum atomic E-state index is -0.191. The molecule has 1 fully saturated rings. The van der Waals surface area contributed by atoms with Crippen molar-refractivity contribution in [2.75, 3.05) is 25.6 Å². The van der Waals surface area contributed by atoms with Crippen LogP contribution in [-0.2, 0) is 11.2 Å². The minimum Gasteiger partial charge on any atom is -0.381 e. The Hall–Kier alpha value is -2.71. The lowest BCUT2D eigenvalue weighted by atomic mass is 10.1. The number of fused-ring (bicyclic) bond motifs is 1. The van der Waals surface area contributed by atoms with E-state index in [1.165, 1.54) is 16.9 Å². The van der Waals surface area contributed by atoms with Crippen molar-refractivity contribution >= 4 is 39.0 Å². The minimum absolute atomic E-state index is 0.113. The Bertz CT molecular complexity index is 1050. The zero-order valence-corrected chi connectivity index (χ0v) is 17.4. The smallest absolute Gasteiger partial charge is 0.280 e. The van der Waals surface area contributed by atoms with E-state index >= 15 is 0 Å². The molecule has 0 atom stereocenters. The highest BCUT2D eigenvalue weighted by atomic mass is 32.1. The van der Waals surface area contributed by atoms with Crippen LogP contribution in [0.1, 0.15) is 40.8 Å². The molecule has 152 valence electrons. The fourth-order valence-electron chi connectivity index (χ4n) is 3.67. The van der Waals surface area contributed by atoms with Gasteiger partial charge in [-0.05, 0) is 30.9 Å². The number of thiazole rings is 1. The summed E-state index contributed by atoms with van der Waals surface area (Å²) in [6, 6.07) is 8.17. The van der Waals surface area contributed by atoms with Gasteiger partial charge in [-0.2, -0.15) is 0 Å². The molecule has 0 radical (unpaired) electrons. The third-order valence-electron chi connectivity index (χ3n) is 5.25. The zero-order valence-electron chi connectivity index (χ0n) is 16.6. The molecule has 0 saturated carbocycles. The number of aryl methyl sites for hydroxylation is 1. The molecule has 0 aliphatic carbocycles. The average Bonchev–Trinajstić information content (AvgIpc) is 3.36. The van der Waals surface area contributed by atoms with Crippen molar-refractivity contribution in [1.82, 2.24) is 14.9 Å². The fraction of sp³-hybridized carbons (Fsp3) is 0.381. The van der Waals surface area contributed by atoms with Crippen molar-refractivity contribution in [2.24, 2.45) is 0 Å². The zero-order chi connectivity index (χ0) is 20.4. The quantitative estimate of drug-likeness (QED) is 0.443. The Morgan fingerprint density at radius 3 is 2.83 bits per heavy atom. The van der Waals surface area contributed by atoms with Gasteiger partial charge in [0.1, 0.15) is 10.7 Å². The number of amides is 1. The second-order valence-corrected chi connectivity index (χ2v) is 8.05. The predicted octanol–water partition coefficient (Wildman–Crippen LogP) is 3.48. The van der Waals surface area contributed by atoms with Crippen molar-refractivity contribution < 1.29 is 9.53 Å². The molecule has 1 aliphatic heterocycles. The molecular weight excluding hydrogens is 386 g/mol. The SMILES string of the molecule is CCc1cn(C(=N)c2nc(C(=O)NC3CCOCC3)sc2NC)c2ccccc12. The molecule has 0 spiro atoms. The maximum absolute atomic E-state index is 12.7. The van der Waals surface area contributed by atoms with Crippen LogP contribution in [0.4, 0.5) is 5.00 Å². The average molecular weight is 412 g/mol. The van der Waals surface area contributed by atoms with Crippen molar-refractivity contribution in [2.45, 2.75) is 32.2 Å². The Morgan fingerprint density at radius 2 is 2.10 bits per heavy atom. The number of anilines is 1. The molecule has 1 aromatic carbocycles. The van der Waals surface area contributed by atoms with Gasteiger partial charge in [0.25, 0.3) is 5.91 Å². The van der Waals surface area contributed by atoms with Gasteiger partial charge in [0.05, 0.1) is 5.52 Å². The van der Waals surface area contributed by atoms with E-state index in [1.54, 1.807) is 7.05 Å². The van der Waals surface area contributed by atoms with Crippen LogP contribution in [0.2, 0.25) is 0 Å². The molecule has 0 unspecified atom stereocenters. The normalized spacial score (nSPS) is 14.8. The number of carbonyl (C=O) groups is 1. The van der Waals surface area contributed by atoms with E-state index in [0.29, 0.717) is 28.9 Å². The molecule has 7 nitrogen and oxygen atoms in total. The maximum atomic E-state index is 12.7. The molecule has 1 amide bonds. The van der Waals surface area contributed by atoms with Gasteiger partial charge in [-0.25, -0.2) is 4.98 Å². The van der Waals surface area contributed by atoms with Crippen LogP contribution in [0.25, 0.3) is 10.9 Å². The number of nitrogens with zero attached hydrogens (tertiary/aromatic N) is 2. The topological polar surface area (TPSA) is 92.0 Å². The molecule has 29 heavy (non-hydrogen) atoms. The van der Waals surface area contributed by atoms with E-state index < -0.39 is 0 Å². The first-order chi connectivity index (χ1) is 14.1. The first kappa shape index (κ1) is 19.6. The van der Waals surface area contributed by atoms with Crippen molar-refractivity contribution in [3.63, 3.8) is 0 Å². The van der Waals surface area contributed by atoms with Crippen molar-refractivity contribution in [1.29, 1.82) is 5.41 Å². The Labute approximate surface area is 173 Å². The largest absolute Gasteiger partial charge is 0.381 e. The number of hydrogen-bond donors (Lipinski definition) is 3. The van der Waals surface area contributed by atoms with Gasteiger partial charge in [-0.3, -0.25) is 14.8 Å². The molecule has 3 aromatic rings. The highest BCUT2D eigenvalue weighted by Gasteiger charge is 2.24. The molecule has 8 heteroatoms. The summed E-state index contributed by atoms with van der Waals surface area (Å²) in [7, 11) is 1.79. The summed E-state index contributed by atoms with van der Waals surface area (Å²) in [4.78, 5) is 17.2. The lowest BCUT2D eigenvalue weighted by Gasteiger charge is -2.22. The molecule has 4 rings (SSSR count). The third kappa shape index (κ3) is 3.77. The van der Waals surface area contributed by atoms with Crippen LogP contribution < -0.4 is 10.6 Å². The highest BCUT2D eigenvalue weighted by Crippen LogP contribution is 2.28. The van der Waals surface area contributed by atoms with Gasteiger partial charge in [0.15, 0.2) is 10.8 Å². The summed E-state index contributed by atoms with van der Waals surface area (Å²) in [6.07, 6.45) is 4.50. The van der Waals surface area contributed by atoms with Crippen LogP contribution in [-0.4, -0.2) is 47.6 Å². The van der Waals surface area contributed by atoms with Gasteiger partial charge >= 0.3 is 0 Å². The summed E-state index contributed by atoms with van der Waals surface area (Å²) < 4.78 is 7.20. The molecule has 3 N–H and O–H groups in total. The Kier molecular flexibility index (Phi) is 5.64. The van der Waals surface area contributed by atoms with Gasteiger partial charge in [-0.1, -0.05) is 36.5 Å². The van der Waals surface area contributed by atoms with E-state index in [2.05, 4.69) is 28.6 Å². The summed E-state index contributed by atoms with van der Waals surface area (Å²) in [5.41, 5.74) is 2.64. The van der Waals surface area contributed by atoms with Crippen LogP contribution in [0, 0.1) is 5.41 Å². The van der Waals surface area contributed by atoms with Gasteiger partial charge in [0, 0.05) is 37.9 Å². The number of nitrogens with one attached hydrogen (secondary N) is 3. The molecule has 2 aromatic heterocycles. The van der Waals surface area contributed by atoms with Gasteiger partial charge in [0.2, 0.25) is 0 Å². The second kappa shape index (κ2) is 8.34. The van der Waals surface area contributed by atoms with E-state index in [-0.39, 0.29) is 17.8 Å². The van der Waals surface area contributed by atoms with Crippen molar-refractivity contribution in [3.05, 3.63) is 46.7 Å². The number of carbonyl (C=O) groups excluding carboxylic acids is 1. The van der Waals surface area contributed by atoms with E-state index in [4.69, 9.17) is 10.1 Å². The lowest BCUT2D eigenvalue weighted by molar-refractivity contribution is 0.0696. The number of ether oxygens (including phenoxy) is 1. The Morgan fingerprint density at radius 1 is 1.34 bits per heavy atom.